The molecule has 1 N–H and O–H groups in total. The highest BCUT2D eigenvalue weighted by Crippen LogP contribution is 2.40. The van der Waals surface area contributed by atoms with Crippen LogP contribution < -0.4 is 10.2 Å². The Bertz CT molecular complexity index is 870. The van der Waals surface area contributed by atoms with Gasteiger partial charge in [-0.1, -0.05) is 31.4 Å². The van der Waals surface area contributed by atoms with Gasteiger partial charge in [0, 0.05) is 30.2 Å². The van der Waals surface area contributed by atoms with Crippen molar-refractivity contribution < 1.29 is 9.53 Å². The first kappa shape index (κ1) is 17.7. The maximum atomic E-state index is 13.6. The monoisotopic (exact) mass is 377 g/mol. The molecule has 2 fully saturated rings. The van der Waals surface area contributed by atoms with Gasteiger partial charge in [0.05, 0.1) is 24.5 Å². The zero-order valence-corrected chi connectivity index (χ0v) is 16.2. The van der Waals surface area contributed by atoms with Crippen LogP contribution in [0.2, 0.25) is 0 Å². The summed E-state index contributed by atoms with van der Waals surface area (Å²) in [7, 11) is 0. The highest BCUT2D eigenvalue weighted by molar-refractivity contribution is 5.99. The number of carbonyl (C=O) groups is 1. The van der Waals surface area contributed by atoms with Crippen LogP contribution in [0.5, 0.6) is 0 Å². The van der Waals surface area contributed by atoms with Gasteiger partial charge in [0.1, 0.15) is 5.82 Å². The van der Waals surface area contributed by atoms with E-state index in [2.05, 4.69) is 34.6 Å². The lowest BCUT2D eigenvalue weighted by atomic mass is 9.88. The van der Waals surface area contributed by atoms with E-state index >= 15 is 0 Å². The third-order valence-corrected chi connectivity index (χ3v) is 6.41. The van der Waals surface area contributed by atoms with Crippen molar-refractivity contribution in [3.8, 4) is 0 Å². The molecule has 1 amide bonds. The van der Waals surface area contributed by atoms with Crippen LogP contribution in [0.15, 0.2) is 36.5 Å². The summed E-state index contributed by atoms with van der Waals surface area (Å²) in [5.41, 5.74) is 4.27. The highest BCUT2D eigenvalue weighted by Gasteiger charge is 2.31. The smallest absolute Gasteiger partial charge is 0.230 e. The molecule has 5 heteroatoms. The number of fused-ring (bicyclic) bond motifs is 2. The zero-order valence-electron chi connectivity index (χ0n) is 16.2. The van der Waals surface area contributed by atoms with E-state index in [1.807, 2.05) is 11.0 Å². The van der Waals surface area contributed by atoms with E-state index in [4.69, 9.17) is 4.74 Å². The second kappa shape index (κ2) is 7.55. The number of carbonyl (C=O) groups excluding carboxylic acids is 1. The standard InChI is InChI=1S/C23H27N3O2/c27-23(16-5-2-1-3-6-16)26-14-18-7-4-11-24-22(18)25-20-9-8-17(13-21(20)26)19-10-12-28-15-19/h4,7-9,11,13,16,19H,1-3,5-6,10,12,14-15H2,(H,24,25). The van der Waals surface area contributed by atoms with Gasteiger partial charge in [-0.3, -0.25) is 4.79 Å². The Labute approximate surface area is 166 Å². The number of aromatic nitrogens is 1. The largest absolute Gasteiger partial charge is 0.381 e. The van der Waals surface area contributed by atoms with Gasteiger partial charge in [-0.05, 0) is 43.0 Å². The zero-order chi connectivity index (χ0) is 18.9. The molecule has 2 aromatic rings. The molecule has 0 bridgehead atoms. The molecule has 1 saturated heterocycles. The van der Waals surface area contributed by atoms with Crippen molar-refractivity contribution in [2.45, 2.75) is 51.0 Å². The summed E-state index contributed by atoms with van der Waals surface area (Å²) >= 11 is 0. The number of nitrogens with zero attached hydrogens (tertiary/aromatic N) is 2. The molecule has 1 saturated carbocycles. The molecule has 0 radical (unpaired) electrons. The first-order chi connectivity index (χ1) is 13.8. The number of nitrogens with one attached hydrogen (secondary N) is 1. The van der Waals surface area contributed by atoms with Crippen molar-refractivity contribution in [1.82, 2.24) is 4.98 Å². The van der Waals surface area contributed by atoms with E-state index in [0.717, 1.165) is 68.1 Å². The van der Waals surface area contributed by atoms with Crippen LogP contribution in [0.4, 0.5) is 17.2 Å². The Balaban J connectivity index is 1.55. The minimum atomic E-state index is 0.137. The number of hydrogen-bond donors (Lipinski definition) is 1. The normalized spacial score (nSPS) is 22.1. The fraction of sp³-hybridized carbons (Fsp3) is 0.478. The second-order valence-corrected chi connectivity index (χ2v) is 8.23. The van der Waals surface area contributed by atoms with Crippen LogP contribution in [-0.4, -0.2) is 24.1 Å². The Morgan fingerprint density at radius 1 is 1.14 bits per heavy atom. The summed E-state index contributed by atoms with van der Waals surface area (Å²) < 4.78 is 5.59. The Morgan fingerprint density at radius 2 is 2.04 bits per heavy atom. The van der Waals surface area contributed by atoms with Gasteiger partial charge in [0.2, 0.25) is 5.91 Å². The van der Waals surface area contributed by atoms with Crippen molar-refractivity contribution >= 4 is 23.1 Å². The van der Waals surface area contributed by atoms with Gasteiger partial charge < -0.3 is 15.0 Å². The first-order valence-electron chi connectivity index (χ1n) is 10.5. The second-order valence-electron chi connectivity index (χ2n) is 8.23. The van der Waals surface area contributed by atoms with Gasteiger partial charge in [-0.2, -0.15) is 0 Å². The predicted molar refractivity (Wildman–Crippen MR) is 110 cm³/mol. The first-order valence-corrected chi connectivity index (χ1v) is 10.5. The number of ether oxygens (including phenoxy) is 1. The van der Waals surface area contributed by atoms with Gasteiger partial charge >= 0.3 is 0 Å². The van der Waals surface area contributed by atoms with E-state index in [1.54, 1.807) is 6.20 Å². The summed E-state index contributed by atoms with van der Waals surface area (Å²) in [6, 6.07) is 10.5. The van der Waals surface area contributed by atoms with Crippen molar-refractivity contribution in [3.63, 3.8) is 0 Å². The molecule has 3 aliphatic rings. The number of benzene rings is 1. The minimum Gasteiger partial charge on any atom is -0.381 e. The van der Waals surface area contributed by atoms with Crippen LogP contribution in [-0.2, 0) is 16.1 Å². The molecule has 1 aromatic carbocycles. The maximum absolute atomic E-state index is 13.6. The molecule has 1 unspecified atom stereocenters. The van der Waals surface area contributed by atoms with Crippen molar-refractivity contribution in [1.29, 1.82) is 0 Å². The van der Waals surface area contributed by atoms with E-state index < -0.39 is 0 Å². The lowest BCUT2D eigenvalue weighted by Gasteiger charge is -2.30. The molecule has 0 spiro atoms. The number of anilines is 3. The molecule has 28 heavy (non-hydrogen) atoms. The SMILES string of the molecule is O=C(C1CCCCC1)N1Cc2cccnc2Nc2ccc(C3CCOC3)cc21. The average molecular weight is 377 g/mol. The van der Waals surface area contributed by atoms with Crippen LogP contribution in [0.1, 0.15) is 55.6 Å². The molecule has 3 heterocycles. The Kier molecular flexibility index (Phi) is 4.77. The van der Waals surface area contributed by atoms with Gasteiger partial charge in [0.15, 0.2) is 0 Å². The summed E-state index contributed by atoms with van der Waals surface area (Å²) in [6.07, 6.45) is 8.43. The average Bonchev–Trinajstić information content (AvgIpc) is 3.23. The quantitative estimate of drug-likeness (QED) is 0.820. The lowest BCUT2D eigenvalue weighted by molar-refractivity contribution is -0.123. The molecule has 1 aromatic heterocycles. The van der Waals surface area contributed by atoms with Gasteiger partial charge in [-0.15, -0.1) is 0 Å². The van der Waals surface area contributed by atoms with Gasteiger partial charge in [-0.25, -0.2) is 4.98 Å². The van der Waals surface area contributed by atoms with E-state index in [9.17, 15) is 4.79 Å². The van der Waals surface area contributed by atoms with Crippen LogP contribution in [0.25, 0.3) is 0 Å². The molecular formula is C23H27N3O2. The molecule has 1 atom stereocenters. The third-order valence-electron chi connectivity index (χ3n) is 6.41. The summed E-state index contributed by atoms with van der Waals surface area (Å²) in [4.78, 5) is 20.1. The molecule has 1 aliphatic carbocycles. The van der Waals surface area contributed by atoms with Crippen LogP contribution in [0, 0.1) is 5.92 Å². The molecule has 5 nitrogen and oxygen atoms in total. The number of amides is 1. The third kappa shape index (κ3) is 3.28. The Morgan fingerprint density at radius 3 is 2.86 bits per heavy atom. The summed E-state index contributed by atoms with van der Waals surface area (Å²) in [6.45, 7) is 2.16. The van der Waals surface area contributed by atoms with E-state index in [1.165, 1.54) is 12.0 Å². The van der Waals surface area contributed by atoms with Gasteiger partial charge in [0.25, 0.3) is 0 Å². The molecular weight excluding hydrogens is 350 g/mol. The molecule has 5 rings (SSSR count). The fourth-order valence-electron chi connectivity index (χ4n) is 4.76. The highest BCUT2D eigenvalue weighted by atomic mass is 16.5. The summed E-state index contributed by atoms with van der Waals surface area (Å²) in [5, 5.41) is 3.47. The van der Waals surface area contributed by atoms with E-state index in [0.29, 0.717) is 12.5 Å². The van der Waals surface area contributed by atoms with Crippen LogP contribution >= 0.6 is 0 Å². The molecule has 2 aliphatic heterocycles. The number of pyridine rings is 1. The van der Waals surface area contributed by atoms with Crippen molar-refractivity contribution in [3.05, 3.63) is 47.7 Å². The lowest BCUT2D eigenvalue weighted by Crippen LogP contribution is -2.36. The summed E-state index contributed by atoms with van der Waals surface area (Å²) in [5.74, 6) is 1.66. The van der Waals surface area contributed by atoms with Crippen LogP contribution in [0.3, 0.4) is 0 Å². The maximum Gasteiger partial charge on any atom is 0.230 e. The number of hydrogen-bond acceptors (Lipinski definition) is 4. The van der Waals surface area contributed by atoms with Crippen molar-refractivity contribution in [2.24, 2.45) is 5.92 Å². The minimum absolute atomic E-state index is 0.137. The fourth-order valence-corrected chi connectivity index (χ4v) is 4.76. The molecule has 146 valence electrons. The topological polar surface area (TPSA) is 54.5 Å². The number of rotatable bonds is 2. The van der Waals surface area contributed by atoms with E-state index in [-0.39, 0.29) is 11.8 Å². The predicted octanol–water partition coefficient (Wildman–Crippen LogP) is 4.76. The Hall–Kier alpha value is -2.40. The van der Waals surface area contributed by atoms with Crippen molar-refractivity contribution in [2.75, 3.05) is 23.4 Å².